The molecule has 2 aliphatic rings. The van der Waals surface area contributed by atoms with E-state index in [9.17, 15) is 0 Å². The lowest BCUT2D eigenvalue weighted by atomic mass is 9.80. The van der Waals surface area contributed by atoms with Crippen molar-refractivity contribution in [2.75, 3.05) is 6.61 Å². The predicted octanol–water partition coefficient (Wildman–Crippen LogP) is 1.88. The topological polar surface area (TPSA) is 18.5 Å². The Labute approximate surface area is 77.5 Å². The van der Waals surface area contributed by atoms with Crippen LogP contribution in [-0.4, -0.2) is 12.9 Å². The molecule has 0 saturated carbocycles. The summed E-state index contributed by atoms with van der Waals surface area (Å²) in [6, 6.07) is 8.96. The SMILES string of the molecule is C[C@]12COC(C1)Oc1cc[c]cc12. The highest BCUT2D eigenvalue weighted by atomic mass is 16.7. The van der Waals surface area contributed by atoms with Gasteiger partial charge in [-0.2, -0.15) is 0 Å². The van der Waals surface area contributed by atoms with Gasteiger partial charge in [-0.05, 0) is 18.2 Å². The minimum absolute atomic E-state index is 0.0279. The first-order valence-electron chi connectivity index (χ1n) is 4.57. The van der Waals surface area contributed by atoms with Crippen molar-refractivity contribution in [1.29, 1.82) is 0 Å². The van der Waals surface area contributed by atoms with Crippen LogP contribution in [0.25, 0.3) is 0 Å². The molecule has 0 aliphatic carbocycles. The van der Waals surface area contributed by atoms with Crippen molar-refractivity contribution in [3.05, 3.63) is 29.8 Å². The summed E-state index contributed by atoms with van der Waals surface area (Å²) in [5.74, 6) is 0.968. The third kappa shape index (κ3) is 0.923. The minimum Gasteiger partial charge on any atom is -0.465 e. The highest BCUT2D eigenvalue weighted by molar-refractivity contribution is 5.41. The number of ether oxygens (including phenoxy) is 2. The van der Waals surface area contributed by atoms with Gasteiger partial charge in [-0.3, -0.25) is 0 Å². The number of hydrogen-bond donors (Lipinski definition) is 0. The Morgan fingerprint density at radius 2 is 2.54 bits per heavy atom. The number of rotatable bonds is 0. The second kappa shape index (κ2) is 2.26. The molecule has 2 nitrogen and oxygen atoms in total. The molecule has 67 valence electrons. The first kappa shape index (κ1) is 7.39. The molecule has 3 rings (SSSR count). The van der Waals surface area contributed by atoms with Crippen molar-refractivity contribution in [3.8, 4) is 5.75 Å². The average Bonchev–Trinajstić information content (AvgIpc) is 2.44. The van der Waals surface area contributed by atoms with Gasteiger partial charge in [-0.15, -0.1) is 0 Å². The van der Waals surface area contributed by atoms with Crippen molar-refractivity contribution in [3.63, 3.8) is 0 Å². The van der Waals surface area contributed by atoms with E-state index in [1.54, 1.807) is 0 Å². The number of hydrogen-bond acceptors (Lipinski definition) is 2. The molecular weight excluding hydrogens is 164 g/mol. The third-order valence-electron chi connectivity index (χ3n) is 2.94. The van der Waals surface area contributed by atoms with E-state index in [4.69, 9.17) is 9.47 Å². The van der Waals surface area contributed by atoms with Crippen LogP contribution in [0.4, 0.5) is 0 Å². The summed E-state index contributed by atoms with van der Waals surface area (Å²) >= 11 is 0. The maximum Gasteiger partial charge on any atom is 0.200 e. The Morgan fingerprint density at radius 1 is 1.62 bits per heavy atom. The van der Waals surface area contributed by atoms with Gasteiger partial charge in [0, 0.05) is 17.4 Å². The third-order valence-corrected chi connectivity index (χ3v) is 2.94. The van der Waals surface area contributed by atoms with Gasteiger partial charge in [0.1, 0.15) is 5.75 Å². The molecule has 2 aliphatic heterocycles. The van der Waals surface area contributed by atoms with Gasteiger partial charge in [0.05, 0.1) is 6.61 Å². The van der Waals surface area contributed by atoms with Crippen LogP contribution >= 0.6 is 0 Å². The Bertz CT molecular complexity index is 348. The summed E-state index contributed by atoms with van der Waals surface area (Å²) in [4.78, 5) is 0. The van der Waals surface area contributed by atoms with Gasteiger partial charge in [0.2, 0.25) is 6.29 Å². The molecule has 0 aromatic heterocycles. The van der Waals surface area contributed by atoms with Gasteiger partial charge in [-0.25, -0.2) is 0 Å². The van der Waals surface area contributed by atoms with Gasteiger partial charge in [-0.1, -0.05) is 13.0 Å². The zero-order valence-electron chi connectivity index (χ0n) is 7.54. The second-order valence-corrected chi connectivity index (χ2v) is 4.05. The van der Waals surface area contributed by atoms with Crippen molar-refractivity contribution < 1.29 is 9.47 Å². The van der Waals surface area contributed by atoms with Crippen molar-refractivity contribution >= 4 is 0 Å². The molecule has 1 radical (unpaired) electrons. The van der Waals surface area contributed by atoms with Crippen LogP contribution in [0.3, 0.4) is 0 Å². The lowest BCUT2D eigenvalue weighted by Crippen LogP contribution is -2.28. The molecule has 2 atom stereocenters. The summed E-state index contributed by atoms with van der Waals surface area (Å²) in [7, 11) is 0. The summed E-state index contributed by atoms with van der Waals surface area (Å²) in [5.41, 5.74) is 1.39. The second-order valence-electron chi connectivity index (χ2n) is 4.05. The monoisotopic (exact) mass is 175 g/mol. The van der Waals surface area contributed by atoms with Crippen LogP contribution in [0.15, 0.2) is 18.2 Å². The highest BCUT2D eigenvalue weighted by Crippen LogP contribution is 2.45. The van der Waals surface area contributed by atoms with Gasteiger partial charge < -0.3 is 9.47 Å². The Morgan fingerprint density at radius 3 is 3.46 bits per heavy atom. The summed E-state index contributed by atoms with van der Waals surface area (Å²) in [6.45, 7) is 2.99. The molecule has 1 aromatic carbocycles. The van der Waals surface area contributed by atoms with Crippen LogP contribution in [0, 0.1) is 6.07 Å². The molecule has 13 heavy (non-hydrogen) atoms. The van der Waals surface area contributed by atoms with E-state index >= 15 is 0 Å². The average molecular weight is 175 g/mol. The lowest BCUT2D eigenvalue weighted by Gasteiger charge is -2.29. The molecule has 2 bridgehead atoms. The summed E-state index contributed by atoms with van der Waals surface area (Å²) < 4.78 is 11.2. The first-order chi connectivity index (χ1) is 6.28. The standard InChI is InChI=1S/C11H11O2/c1-11-6-10(12-7-11)13-9-5-3-2-4-8(9)11/h3-5,10H,6-7H2,1H3/t10?,11-/m1/s1. The van der Waals surface area contributed by atoms with Crippen molar-refractivity contribution in [2.45, 2.75) is 25.0 Å². The molecule has 0 spiro atoms. The molecule has 0 N–H and O–H groups in total. The van der Waals surface area contributed by atoms with E-state index < -0.39 is 0 Å². The van der Waals surface area contributed by atoms with Crippen LogP contribution in [0.1, 0.15) is 18.9 Å². The van der Waals surface area contributed by atoms with Crippen LogP contribution < -0.4 is 4.74 Å². The van der Waals surface area contributed by atoms with Crippen molar-refractivity contribution in [2.24, 2.45) is 0 Å². The van der Waals surface area contributed by atoms with Crippen LogP contribution in [0.5, 0.6) is 5.75 Å². The number of fused-ring (bicyclic) bond motifs is 4. The molecule has 2 heteroatoms. The predicted molar refractivity (Wildman–Crippen MR) is 47.6 cm³/mol. The fourth-order valence-electron chi connectivity index (χ4n) is 2.16. The maximum atomic E-state index is 5.65. The van der Waals surface area contributed by atoms with E-state index in [1.165, 1.54) is 5.56 Å². The zero-order valence-corrected chi connectivity index (χ0v) is 7.54. The first-order valence-corrected chi connectivity index (χ1v) is 4.57. The van der Waals surface area contributed by atoms with Crippen LogP contribution in [-0.2, 0) is 10.2 Å². The van der Waals surface area contributed by atoms with Crippen LogP contribution in [0.2, 0.25) is 0 Å². The molecule has 1 fully saturated rings. The molecule has 2 heterocycles. The Balaban J connectivity index is 2.19. The molecular formula is C11H11O2. The molecule has 1 unspecified atom stereocenters. The Kier molecular flexibility index (Phi) is 1.29. The summed E-state index contributed by atoms with van der Waals surface area (Å²) in [6.07, 6.45) is 0.942. The minimum atomic E-state index is -0.0279. The van der Waals surface area contributed by atoms with Gasteiger partial charge in [0.25, 0.3) is 0 Å². The van der Waals surface area contributed by atoms with Gasteiger partial charge in [0.15, 0.2) is 0 Å². The van der Waals surface area contributed by atoms with Gasteiger partial charge >= 0.3 is 0 Å². The van der Waals surface area contributed by atoms with E-state index in [-0.39, 0.29) is 11.7 Å². The molecule has 0 amide bonds. The van der Waals surface area contributed by atoms with E-state index in [1.807, 2.05) is 18.2 Å². The quantitative estimate of drug-likeness (QED) is 0.599. The van der Waals surface area contributed by atoms with E-state index in [2.05, 4.69) is 13.0 Å². The van der Waals surface area contributed by atoms with E-state index in [0.29, 0.717) is 0 Å². The van der Waals surface area contributed by atoms with Crippen molar-refractivity contribution in [1.82, 2.24) is 0 Å². The molecule has 1 aromatic rings. The Hall–Kier alpha value is -1.02. The highest BCUT2D eigenvalue weighted by Gasteiger charge is 2.44. The smallest absolute Gasteiger partial charge is 0.200 e. The largest absolute Gasteiger partial charge is 0.465 e. The maximum absolute atomic E-state index is 5.65. The lowest BCUT2D eigenvalue weighted by molar-refractivity contribution is -0.0380. The zero-order chi connectivity index (χ0) is 8.89. The van der Waals surface area contributed by atoms with E-state index in [0.717, 1.165) is 18.8 Å². The molecule has 1 saturated heterocycles. The fourth-order valence-corrected chi connectivity index (χ4v) is 2.16. The fraction of sp³-hybridized carbons (Fsp3) is 0.455. The normalized spacial score (nSPS) is 35.3. The number of benzene rings is 1. The summed E-state index contributed by atoms with van der Waals surface area (Å²) in [5, 5.41) is 0.